The summed E-state index contributed by atoms with van der Waals surface area (Å²) in [5, 5.41) is 3.14. The van der Waals surface area contributed by atoms with E-state index in [1.807, 2.05) is 24.3 Å². The van der Waals surface area contributed by atoms with Crippen molar-refractivity contribution < 1.29 is 4.74 Å². The van der Waals surface area contributed by atoms with E-state index in [0.717, 1.165) is 36.4 Å². The SMILES string of the molecule is COc1cccc(NC(N)=NCC(C)(C)N2CC(C)CC(C)C2)c1. The van der Waals surface area contributed by atoms with Crippen LogP contribution < -0.4 is 15.8 Å². The van der Waals surface area contributed by atoms with E-state index in [-0.39, 0.29) is 5.54 Å². The van der Waals surface area contributed by atoms with E-state index in [0.29, 0.717) is 12.5 Å². The van der Waals surface area contributed by atoms with Crippen molar-refractivity contribution in [2.45, 2.75) is 39.7 Å². The highest BCUT2D eigenvalue weighted by Gasteiger charge is 2.32. The number of aliphatic imine (C=N–C) groups is 1. The number of methoxy groups -OCH3 is 1. The summed E-state index contributed by atoms with van der Waals surface area (Å²) in [6.07, 6.45) is 1.31. The van der Waals surface area contributed by atoms with Gasteiger partial charge in [0.2, 0.25) is 0 Å². The maximum Gasteiger partial charge on any atom is 0.193 e. The minimum Gasteiger partial charge on any atom is -0.497 e. The third-order valence-electron chi connectivity index (χ3n) is 4.70. The van der Waals surface area contributed by atoms with Crippen molar-refractivity contribution in [3.8, 4) is 5.75 Å². The number of anilines is 1. The Labute approximate surface area is 146 Å². The lowest BCUT2D eigenvalue weighted by Gasteiger charge is -2.44. The lowest BCUT2D eigenvalue weighted by atomic mass is 9.88. The molecule has 0 saturated carbocycles. The number of nitrogens with two attached hydrogens (primary N) is 1. The molecule has 1 aliphatic rings. The zero-order chi connectivity index (χ0) is 17.7. The van der Waals surface area contributed by atoms with Crippen LogP contribution in [0.5, 0.6) is 5.75 Å². The van der Waals surface area contributed by atoms with Crippen LogP contribution in [0, 0.1) is 11.8 Å². The van der Waals surface area contributed by atoms with E-state index < -0.39 is 0 Å². The monoisotopic (exact) mass is 332 g/mol. The van der Waals surface area contributed by atoms with E-state index in [2.05, 4.69) is 42.9 Å². The fraction of sp³-hybridized carbons (Fsp3) is 0.632. The molecule has 0 aliphatic carbocycles. The van der Waals surface area contributed by atoms with Crippen molar-refractivity contribution in [3.05, 3.63) is 24.3 Å². The van der Waals surface area contributed by atoms with Gasteiger partial charge in [0.1, 0.15) is 5.75 Å². The molecule has 1 fully saturated rings. The highest BCUT2D eigenvalue weighted by molar-refractivity contribution is 5.92. The molecule has 24 heavy (non-hydrogen) atoms. The first-order valence-corrected chi connectivity index (χ1v) is 8.76. The van der Waals surface area contributed by atoms with E-state index in [1.54, 1.807) is 7.11 Å². The average Bonchev–Trinajstić information content (AvgIpc) is 2.52. The van der Waals surface area contributed by atoms with E-state index in [1.165, 1.54) is 6.42 Å². The zero-order valence-corrected chi connectivity index (χ0v) is 15.7. The van der Waals surface area contributed by atoms with Gasteiger partial charge in [-0.25, -0.2) is 0 Å². The summed E-state index contributed by atoms with van der Waals surface area (Å²) in [5.41, 5.74) is 6.95. The Morgan fingerprint density at radius 2 is 2.00 bits per heavy atom. The number of guanidine groups is 1. The quantitative estimate of drug-likeness (QED) is 0.642. The Balaban J connectivity index is 1.97. The first-order chi connectivity index (χ1) is 11.3. The van der Waals surface area contributed by atoms with Gasteiger partial charge < -0.3 is 15.8 Å². The van der Waals surface area contributed by atoms with Crippen LogP contribution in [0.1, 0.15) is 34.1 Å². The average molecular weight is 332 g/mol. The first-order valence-electron chi connectivity index (χ1n) is 8.76. The molecule has 0 amide bonds. The zero-order valence-electron chi connectivity index (χ0n) is 15.7. The number of nitrogens with one attached hydrogen (secondary N) is 1. The number of nitrogens with zero attached hydrogens (tertiary/aromatic N) is 2. The molecular formula is C19H32N4O. The number of rotatable bonds is 5. The standard InChI is InChI=1S/C19H32N4O/c1-14-9-15(2)12-23(11-14)19(3,4)13-21-18(20)22-16-7-6-8-17(10-16)24-5/h6-8,10,14-15H,9,11-13H2,1-5H3,(H3,20,21,22). The number of hydrogen-bond donors (Lipinski definition) is 2. The van der Waals surface area contributed by atoms with Crippen molar-refractivity contribution in [2.24, 2.45) is 22.6 Å². The van der Waals surface area contributed by atoms with Crippen LogP contribution in [0.15, 0.2) is 29.3 Å². The van der Waals surface area contributed by atoms with Gasteiger partial charge in [-0.2, -0.15) is 0 Å². The van der Waals surface area contributed by atoms with Gasteiger partial charge in [0, 0.05) is 30.4 Å². The predicted octanol–water partition coefficient (Wildman–Crippen LogP) is 3.18. The van der Waals surface area contributed by atoms with Gasteiger partial charge >= 0.3 is 0 Å². The Hall–Kier alpha value is -1.75. The van der Waals surface area contributed by atoms with Crippen molar-refractivity contribution in [1.82, 2.24) is 4.90 Å². The third kappa shape index (κ3) is 5.13. The minimum absolute atomic E-state index is 0.00359. The minimum atomic E-state index is 0.00359. The molecule has 0 radical (unpaired) electrons. The van der Waals surface area contributed by atoms with Crippen LogP contribution in [0.25, 0.3) is 0 Å². The highest BCUT2D eigenvalue weighted by atomic mass is 16.5. The van der Waals surface area contributed by atoms with Crippen LogP contribution in [0.3, 0.4) is 0 Å². The molecule has 0 aromatic heterocycles. The summed E-state index contributed by atoms with van der Waals surface area (Å²) in [6, 6.07) is 7.68. The van der Waals surface area contributed by atoms with E-state index in [4.69, 9.17) is 10.5 Å². The third-order valence-corrected chi connectivity index (χ3v) is 4.70. The maximum absolute atomic E-state index is 6.07. The summed E-state index contributed by atoms with van der Waals surface area (Å²) in [7, 11) is 1.65. The smallest absolute Gasteiger partial charge is 0.193 e. The Morgan fingerprint density at radius 3 is 2.62 bits per heavy atom. The molecule has 1 aromatic rings. The summed E-state index contributed by atoms with van der Waals surface area (Å²) in [5.74, 6) is 2.72. The second-order valence-corrected chi connectivity index (χ2v) is 7.72. The van der Waals surface area contributed by atoms with Gasteiger partial charge in [-0.05, 0) is 44.2 Å². The molecule has 1 aromatic carbocycles. The maximum atomic E-state index is 6.07. The number of piperidine rings is 1. The molecule has 1 saturated heterocycles. The largest absolute Gasteiger partial charge is 0.497 e. The molecule has 5 nitrogen and oxygen atoms in total. The van der Waals surface area contributed by atoms with Crippen LogP contribution >= 0.6 is 0 Å². The van der Waals surface area contributed by atoms with Crippen LogP contribution in [0.2, 0.25) is 0 Å². The van der Waals surface area contributed by atoms with E-state index in [9.17, 15) is 0 Å². The van der Waals surface area contributed by atoms with Crippen molar-refractivity contribution in [3.63, 3.8) is 0 Å². The van der Waals surface area contributed by atoms with Gasteiger partial charge in [-0.3, -0.25) is 9.89 Å². The highest BCUT2D eigenvalue weighted by Crippen LogP contribution is 2.27. The predicted molar refractivity (Wildman–Crippen MR) is 102 cm³/mol. The molecule has 3 N–H and O–H groups in total. The second kappa shape index (κ2) is 7.88. The van der Waals surface area contributed by atoms with Crippen LogP contribution in [-0.2, 0) is 0 Å². The summed E-state index contributed by atoms with van der Waals surface area (Å²) < 4.78 is 5.22. The Bertz CT molecular complexity index is 560. The molecule has 2 unspecified atom stereocenters. The van der Waals surface area contributed by atoms with Crippen molar-refractivity contribution in [2.75, 3.05) is 32.1 Å². The molecule has 1 heterocycles. The van der Waals surface area contributed by atoms with Crippen LogP contribution in [0.4, 0.5) is 5.69 Å². The van der Waals surface area contributed by atoms with E-state index >= 15 is 0 Å². The van der Waals surface area contributed by atoms with Gasteiger partial charge in [-0.15, -0.1) is 0 Å². The Kier molecular flexibility index (Phi) is 6.10. The molecule has 2 rings (SSSR count). The lowest BCUT2D eigenvalue weighted by Crippen LogP contribution is -2.52. The van der Waals surface area contributed by atoms with Crippen molar-refractivity contribution in [1.29, 1.82) is 0 Å². The van der Waals surface area contributed by atoms with Gasteiger partial charge in [0.05, 0.1) is 13.7 Å². The van der Waals surface area contributed by atoms with Gasteiger partial charge in [0.15, 0.2) is 5.96 Å². The number of ether oxygens (including phenoxy) is 1. The number of benzene rings is 1. The fourth-order valence-electron chi connectivity index (χ4n) is 3.42. The van der Waals surface area contributed by atoms with Gasteiger partial charge in [0.25, 0.3) is 0 Å². The molecular weight excluding hydrogens is 300 g/mol. The topological polar surface area (TPSA) is 62.9 Å². The summed E-state index contributed by atoms with van der Waals surface area (Å²) in [6.45, 7) is 12.1. The number of hydrogen-bond acceptors (Lipinski definition) is 3. The summed E-state index contributed by atoms with van der Waals surface area (Å²) >= 11 is 0. The first kappa shape index (κ1) is 18.6. The second-order valence-electron chi connectivity index (χ2n) is 7.72. The molecule has 0 spiro atoms. The van der Waals surface area contributed by atoms with Gasteiger partial charge in [-0.1, -0.05) is 19.9 Å². The molecule has 134 valence electrons. The lowest BCUT2D eigenvalue weighted by molar-refractivity contribution is 0.0513. The molecule has 0 bridgehead atoms. The van der Waals surface area contributed by atoms with Crippen LogP contribution in [-0.4, -0.2) is 43.1 Å². The number of likely N-dealkylation sites (tertiary alicyclic amines) is 1. The van der Waals surface area contributed by atoms with Crippen molar-refractivity contribution >= 4 is 11.6 Å². The molecule has 2 atom stereocenters. The summed E-state index contributed by atoms with van der Waals surface area (Å²) in [4.78, 5) is 7.12. The fourth-order valence-corrected chi connectivity index (χ4v) is 3.42. The molecule has 5 heteroatoms. The Morgan fingerprint density at radius 1 is 1.33 bits per heavy atom. The molecule has 1 aliphatic heterocycles. The normalized spacial score (nSPS) is 23.1.